The lowest BCUT2D eigenvalue weighted by molar-refractivity contribution is -0.141. The average molecular weight is 305 g/mol. The number of carbonyl (C=O) groups excluding carboxylic acids is 2. The number of hydrogen-bond acceptors (Lipinski definition) is 5. The normalized spacial score (nSPS) is 21.4. The van der Waals surface area contributed by atoms with E-state index in [-0.39, 0.29) is 26.0 Å². The summed E-state index contributed by atoms with van der Waals surface area (Å²) >= 11 is 0. The molecule has 0 spiro atoms. The molecular formula is C16H19NO5. The highest BCUT2D eigenvalue weighted by atomic mass is 16.6. The largest absolute Gasteiger partial charge is 0.444 e. The van der Waals surface area contributed by atoms with E-state index in [1.54, 1.807) is 0 Å². The van der Waals surface area contributed by atoms with Gasteiger partial charge in [-0.15, -0.1) is 0 Å². The average Bonchev–Trinajstić information content (AvgIpc) is 2.86. The topological polar surface area (TPSA) is 65.1 Å². The molecule has 1 amide bonds. The van der Waals surface area contributed by atoms with Crippen molar-refractivity contribution in [3.05, 3.63) is 35.9 Å². The van der Waals surface area contributed by atoms with Crippen LogP contribution >= 0.6 is 0 Å². The van der Waals surface area contributed by atoms with Gasteiger partial charge in [0.2, 0.25) is 0 Å². The van der Waals surface area contributed by atoms with Crippen LogP contribution in [0.3, 0.4) is 0 Å². The Balaban J connectivity index is 1.52. The van der Waals surface area contributed by atoms with Crippen LogP contribution in [0.4, 0.5) is 4.79 Å². The standard InChI is InChI=1S/C16H19NO5/c18-15-14(10-20-13-7-4-8-13)17(11-22-15)16(19)21-9-12-5-2-1-3-6-12/h1-3,5-6,13-14H,4,7-11H2/t14-/m0/s1. The molecule has 2 aliphatic rings. The van der Waals surface area contributed by atoms with E-state index in [4.69, 9.17) is 14.2 Å². The van der Waals surface area contributed by atoms with E-state index < -0.39 is 18.1 Å². The third-order valence-electron chi connectivity index (χ3n) is 3.98. The molecule has 0 N–H and O–H groups in total. The summed E-state index contributed by atoms with van der Waals surface area (Å²) < 4.78 is 15.8. The fourth-order valence-electron chi connectivity index (χ4n) is 2.35. The molecule has 6 nitrogen and oxygen atoms in total. The van der Waals surface area contributed by atoms with E-state index >= 15 is 0 Å². The van der Waals surface area contributed by atoms with Crippen LogP contribution in [-0.2, 0) is 25.6 Å². The number of ether oxygens (including phenoxy) is 3. The number of esters is 1. The molecule has 0 radical (unpaired) electrons. The molecular weight excluding hydrogens is 286 g/mol. The molecule has 22 heavy (non-hydrogen) atoms. The van der Waals surface area contributed by atoms with Crippen molar-refractivity contribution < 1.29 is 23.8 Å². The van der Waals surface area contributed by atoms with Crippen LogP contribution in [0.1, 0.15) is 24.8 Å². The van der Waals surface area contributed by atoms with Gasteiger partial charge >= 0.3 is 12.1 Å². The van der Waals surface area contributed by atoms with Gasteiger partial charge in [-0.05, 0) is 24.8 Å². The molecule has 1 aromatic rings. The Kier molecular flexibility index (Phi) is 4.58. The molecule has 1 aliphatic heterocycles. The van der Waals surface area contributed by atoms with Gasteiger partial charge < -0.3 is 14.2 Å². The first-order chi connectivity index (χ1) is 10.7. The maximum Gasteiger partial charge on any atom is 0.413 e. The summed E-state index contributed by atoms with van der Waals surface area (Å²) in [5, 5.41) is 0. The smallest absolute Gasteiger partial charge is 0.413 e. The maximum absolute atomic E-state index is 12.1. The predicted molar refractivity (Wildman–Crippen MR) is 76.8 cm³/mol. The van der Waals surface area contributed by atoms with Crippen molar-refractivity contribution in [1.82, 2.24) is 4.90 Å². The van der Waals surface area contributed by atoms with Gasteiger partial charge in [-0.3, -0.25) is 4.90 Å². The van der Waals surface area contributed by atoms with Gasteiger partial charge in [-0.25, -0.2) is 9.59 Å². The molecule has 1 saturated carbocycles. The molecule has 1 heterocycles. The lowest BCUT2D eigenvalue weighted by Gasteiger charge is -2.27. The second-order valence-corrected chi connectivity index (χ2v) is 5.50. The van der Waals surface area contributed by atoms with E-state index in [0.29, 0.717) is 0 Å². The van der Waals surface area contributed by atoms with Crippen LogP contribution in [0.25, 0.3) is 0 Å². The van der Waals surface area contributed by atoms with Crippen LogP contribution in [-0.4, -0.2) is 42.4 Å². The Morgan fingerprint density at radius 1 is 1.27 bits per heavy atom. The van der Waals surface area contributed by atoms with E-state index in [2.05, 4.69) is 0 Å². The van der Waals surface area contributed by atoms with Crippen molar-refractivity contribution >= 4 is 12.1 Å². The van der Waals surface area contributed by atoms with E-state index in [9.17, 15) is 9.59 Å². The third kappa shape index (κ3) is 3.39. The fourth-order valence-corrected chi connectivity index (χ4v) is 2.35. The highest BCUT2D eigenvalue weighted by molar-refractivity contribution is 5.83. The summed E-state index contributed by atoms with van der Waals surface area (Å²) in [6.45, 7) is 0.260. The van der Waals surface area contributed by atoms with Crippen molar-refractivity contribution in [3.63, 3.8) is 0 Å². The van der Waals surface area contributed by atoms with Gasteiger partial charge in [-0.2, -0.15) is 0 Å². The summed E-state index contributed by atoms with van der Waals surface area (Å²) in [4.78, 5) is 25.1. The summed E-state index contributed by atoms with van der Waals surface area (Å²) in [6.07, 6.45) is 2.83. The van der Waals surface area contributed by atoms with Gasteiger partial charge in [-0.1, -0.05) is 30.3 Å². The van der Waals surface area contributed by atoms with Crippen molar-refractivity contribution in [3.8, 4) is 0 Å². The zero-order valence-corrected chi connectivity index (χ0v) is 12.3. The van der Waals surface area contributed by atoms with E-state index in [1.807, 2.05) is 30.3 Å². The molecule has 0 aromatic heterocycles. The minimum absolute atomic E-state index is 0.0782. The van der Waals surface area contributed by atoms with Crippen molar-refractivity contribution in [2.75, 3.05) is 13.3 Å². The first kappa shape index (κ1) is 14.8. The van der Waals surface area contributed by atoms with Gasteiger partial charge in [0.25, 0.3) is 0 Å². The number of amides is 1. The quantitative estimate of drug-likeness (QED) is 0.779. The van der Waals surface area contributed by atoms with Crippen LogP contribution in [0.15, 0.2) is 30.3 Å². The Morgan fingerprint density at radius 2 is 2.05 bits per heavy atom. The fraction of sp³-hybridized carbons (Fsp3) is 0.500. The summed E-state index contributed by atoms with van der Waals surface area (Å²) in [6, 6.07) is 8.68. The second kappa shape index (κ2) is 6.79. The van der Waals surface area contributed by atoms with E-state index in [0.717, 1.165) is 24.8 Å². The Morgan fingerprint density at radius 3 is 2.73 bits per heavy atom. The van der Waals surface area contributed by atoms with Crippen molar-refractivity contribution in [2.45, 2.75) is 38.0 Å². The molecule has 0 unspecified atom stereocenters. The minimum atomic E-state index is -0.705. The molecule has 1 atom stereocenters. The van der Waals surface area contributed by atoms with Crippen molar-refractivity contribution in [2.24, 2.45) is 0 Å². The number of nitrogens with zero attached hydrogens (tertiary/aromatic N) is 1. The SMILES string of the molecule is O=C1OCN(C(=O)OCc2ccccc2)[C@H]1COC1CCC1. The van der Waals surface area contributed by atoms with Gasteiger partial charge in [0, 0.05) is 0 Å². The third-order valence-corrected chi connectivity index (χ3v) is 3.98. The van der Waals surface area contributed by atoms with Crippen LogP contribution in [0.5, 0.6) is 0 Å². The zero-order chi connectivity index (χ0) is 15.4. The number of hydrogen-bond donors (Lipinski definition) is 0. The molecule has 2 fully saturated rings. The van der Waals surface area contributed by atoms with Crippen LogP contribution in [0, 0.1) is 0 Å². The highest BCUT2D eigenvalue weighted by Gasteiger charge is 2.39. The number of cyclic esters (lactones) is 1. The van der Waals surface area contributed by atoms with E-state index in [1.165, 1.54) is 4.90 Å². The Labute approximate surface area is 128 Å². The van der Waals surface area contributed by atoms with Crippen molar-refractivity contribution in [1.29, 1.82) is 0 Å². The molecule has 1 aromatic carbocycles. The van der Waals surface area contributed by atoms with Crippen LogP contribution < -0.4 is 0 Å². The first-order valence-corrected chi connectivity index (χ1v) is 7.49. The second-order valence-electron chi connectivity index (χ2n) is 5.50. The molecule has 0 bridgehead atoms. The van der Waals surface area contributed by atoms with Crippen LogP contribution in [0.2, 0.25) is 0 Å². The monoisotopic (exact) mass is 305 g/mol. The van der Waals surface area contributed by atoms with Gasteiger partial charge in [0.05, 0.1) is 12.7 Å². The number of benzene rings is 1. The molecule has 3 rings (SSSR count). The maximum atomic E-state index is 12.1. The summed E-state index contributed by atoms with van der Waals surface area (Å²) in [5.41, 5.74) is 0.893. The molecule has 1 aliphatic carbocycles. The Hall–Kier alpha value is -2.08. The molecule has 1 saturated heterocycles. The van der Waals surface area contributed by atoms with Gasteiger partial charge in [0.15, 0.2) is 12.8 Å². The minimum Gasteiger partial charge on any atom is -0.444 e. The zero-order valence-electron chi connectivity index (χ0n) is 12.3. The lowest BCUT2D eigenvalue weighted by Crippen LogP contribution is -2.42. The molecule has 6 heteroatoms. The number of rotatable bonds is 5. The predicted octanol–water partition coefficient (Wildman–Crippen LogP) is 2.08. The number of carbonyl (C=O) groups is 2. The summed E-state index contributed by atoms with van der Waals surface area (Å²) in [7, 11) is 0. The Bertz CT molecular complexity index is 529. The van der Waals surface area contributed by atoms with Gasteiger partial charge in [0.1, 0.15) is 6.61 Å². The summed E-state index contributed by atoms with van der Waals surface area (Å²) in [5.74, 6) is -0.434. The molecule has 118 valence electrons. The first-order valence-electron chi connectivity index (χ1n) is 7.49. The lowest BCUT2D eigenvalue weighted by atomic mass is 9.96. The highest BCUT2D eigenvalue weighted by Crippen LogP contribution is 2.23.